The Morgan fingerprint density at radius 3 is 2.61 bits per heavy atom. The van der Waals surface area contributed by atoms with Crippen LogP contribution in [0.1, 0.15) is 10.4 Å². The molecule has 4 aromatic rings. The molecule has 28 heavy (non-hydrogen) atoms. The lowest BCUT2D eigenvalue weighted by atomic mass is 10.1. The van der Waals surface area contributed by atoms with Crippen LogP contribution in [-0.4, -0.2) is 22.1 Å². The van der Waals surface area contributed by atoms with Crippen molar-refractivity contribution in [2.45, 2.75) is 4.90 Å². The zero-order valence-corrected chi connectivity index (χ0v) is 16.6. The number of thioether (sulfide) groups is 1. The highest BCUT2D eigenvalue weighted by molar-refractivity contribution is 7.98. The second-order valence-electron chi connectivity index (χ2n) is 6.09. The molecule has 138 valence electrons. The fraction of sp³-hybridized carbons (Fsp3) is 0.0455. The first kappa shape index (κ1) is 18.5. The van der Waals surface area contributed by atoms with Gasteiger partial charge in [0.05, 0.1) is 28.2 Å². The van der Waals surface area contributed by atoms with E-state index < -0.39 is 0 Å². The van der Waals surface area contributed by atoms with Crippen molar-refractivity contribution in [1.29, 1.82) is 0 Å². The van der Waals surface area contributed by atoms with E-state index in [-0.39, 0.29) is 5.91 Å². The quantitative estimate of drug-likeness (QED) is 0.428. The van der Waals surface area contributed by atoms with Crippen molar-refractivity contribution in [3.8, 4) is 11.4 Å². The molecule has 0 aliphatic carbocycles. The first-order valence-corrected chi connectivity index (χ1v) is 10.2. The molecule has 1 N–H and O–H groups in total. The molecule has 4 nitrogen and oxygen atoms in total. The number of benzene rings is 2. The van der Waals surface area contributed by atoms with Gasteiger partial charge in [0.15, 0.2) is 0 Å². The second-order valence-corrected chi connectivity index (χ2v) is 7.37. The molecule has 0 radical (unpaired) electrons. The summed E-state index contributed by atoms with van der Waals surface area (Å²) in [6.45, 7) is 0. The minimum Gasteiger partial charge on any atom is -0.321 e. The molecule has 6 heteroatoms. The number of rotatable bonds is 4. The molecule has 0 fully saturated rings. The van der Waals surface area contributed by atoms with E-state index in [2.05, 4.69) is 15.3 Å². The lowest BCUT2D eigenvalue weighted by Gasteiger charge is -2.12. The maximum absolute atomic E-state index is 13.2. The van der Waals surface area contributed by atoms with Gasteiger partial charge in [-0.3, -0.25) is 9.78 Å². The van der Waals surface area contributed by atoms with Gasteiger partial charge in [-0.2, -0.15) is 0 Å². The van der Waals surface area contributed by atoms with Gasteiger partial charge in [-0.1, -0.05) is 29.8 Å². The number of carbonyl (C=O) groups excluding carboxylic acids is 1. The molecule has 1 amide bonds. The molecule has 4 rings (SSSR count). The Balaban J connectivity index is 1.84. The molecule has 2 aromatic heterocycles. The highest BCUT2D eigenvalue weighted by Crippen LogP contribution is 2.29. The molecule has 2 aromatic carbocycles. The number of amides is 1. The van der Waals surface area contributed by atoms with Gasteiger partial charge in [0, 0.05) is 21.5 Å². The summed E-state index contributed by atoms with van der Waals surface area (Å²) < 4.78 is 0. The van der Waals surface area contributed by atoms with E-state index in [4.69, 9.17) is 11.6 Å². The molecule has 0 unspecified atom stereocenters. The average molecular weight is 406 g/mol. The van der Waals surface area contributed by atoms with Crippen molar-refractivity contribution in [2.24, 2.45) is 0 Å². The molecule has 0 saturated heterocycles. The number of para-hydroxylation sites is 1. The van der Waals surface area contributed by atoms with E-state index >= 15 is 0 Å². The van der Waals surface area contributed by atoms with Crippen LogP contribution < -0.4 is 5.32 Å². The summed E-state index contributed by atoms with van der Waals surface area (Å²) in [6.07, 6.45) is 3.68. The summed E-state index contributed by atoms with van der Waals surface area (Å²) in [5.74, 6) is -0.214. The summed E-state index contributed by atoms with van der Waals surface area (Å²) in [4.78, 5) is 23.2. The summed E-state index contributed by atoms with van der Waals surface area (Å²) in [6, 6.07) is 20.4. The summed E-state index contributed by atoms with van der Waals surface area (Å²) >= 11 is 7.77. The van der Waals surface area contributed by atoms with E-state index in [1.807, 2.05) is 54.8 Å². The number of fused-ring (bicyclic) bond motifs is 1. The van der Waals surface area contributed by atoms with Gasteiger partial charge < -0.3 is 5.32 Å². The molecular formula is C22H16ClN3OS. The normalized spacial score (nSPS) is 10.8. The maximum atomic E-state index is 13.2. The molecule has 0 atom stereocenters. The third-order valence-electron chi connectivity index (χ3n) is 4.30. The molecule has 0 aliphatic heterocycles. The highest BCUT2D eigenvalue weighted by Gasteiger charge is 2.16. The topological polar surface area (TPSA) is 54.9 Å². The minimum atomic E-state index is -0.214. The zero-order chi connectivity index (χ0) is 19.5. The fourth-order valence-electron chi connectivity index (χ4n) is 2.97. The number of nitrogens with zero attached hydrogens (tertiary/aromatic N) is 2. The third kappa shape index (κ3) is 3.72. The van der Waals surface area contributed by atoms with Crippen LogP contribution in [0, 0.1) is 0 Å². The SMILES string of the molecule is CSc1ccccc1NC(=O)c1cc(-c2ccccn2)nc2ccc(Cl)cc12. The summed E-state index contributed by atoms with van der Waals surface area (Å²) in [5.41, 5.74) is 3.31. The van der Waals surface area contributed by atoms with Crippen LogP contribution in [-0.2, 0) is 0 Å². The monoisotopic (exact) mass is 405 g/mol. The molecule has 2 heterocycles. The average Bonchev–Trinajstić information content (AvgIpc) is 2.74. The van der Waals surface area contributed by atoms with Gasteiger partial charge in [0.25, 0.3) is 5.91 Å². The molecule has 0 spiro atoms. The number of anilines is 1. The van der Waals surface area contributed by atoms with Crippen LogP contribution in [0.15, 0.2) is 77.8 Å². The van der Waals surface area contributed by atoms with Crippen LogP contribution >= 0.6 is 23.4 Å². The first-order valence-electron chi connectivity index (χ1n) is 8.62. The Kier molecular flexibility index (Phi) is 5.28. The largest absolute Gasteiger partial charge is 0.321 e. The molecule has 0 bridgehead atoms. The van der Waals surface area contributed by atoms with E-state index in [1.165, 1.54) is 0 Å². The van der Waals surface area contributed by atoms with Crippen molar-refractivity contribution in [3.63, 3.8) is 0 Å². The Bertz CT molecular complexity index is 1170. The van der Waals surface area contributed by atoms with Gasteiger partial charge >= 0.3 is 0 Å². The van der Waals surface area contributed by atoms with Crippen molar-refractivity contribution >= 4 is 45.9 Å². The first-order chi connectivity index (χ1) is 13.7. The van der Waals surface area contributed by atoms with Crippen molar-refractivity contribution in [3.05, 3.63) is 83.5 Å². The standard InChI is InChI=1S/C22H16ClN3OS/c1-28-21-8-3-2-7-19(21)26-22(27)16-13-20(18-6-4-5-11-24-18)25-17-10-9-14(23)12-15(16)17/h2-13H,1H3,(H,26,27). The number of nitrogens with one attached hydrogen (secondary N) is 1. The Morgan fingerprint density at radius 2 is 1.82 bits per heavy atom. The van der Waals surface area contributed by atoms with E-state index in [0.29, 0.717) is 32.9 Å². The number of aromatic nitrogens is 2. The van der Waals surface area contributed by atoms with Crippen LogP contribution in [0.2, 0.25) is 5.02 Å². The van der Waals surface area contributed by atoms with E-state index in [9.17, 15) is 4.79 Å². The van der Waals surface area contributed by atoms with Gasteiger partial charge in [-0.25, -0.2) is 4.98 Å². The van der Waals surface area contributed by atoms with Crippen molar-refractivity contribution in [2.75, 3.05) is 11.6 Å². The van der Waals surface area contributed by atoms with Crippen LogP contribution in [0.25, 0.3) is 22.3 Å². The molecular weight excluding hydrogens is 390 g/mol. The Hall–Kier alpha value is -2.89. The number of halogens is 1. The summed E-state index contributed by atoms with van der Waals surface area (Å²) in [5, 5.41) is 4.27. The van der Waals surface area contributed by atoms with Crippen molar-refractivity contribution in [1.82, 2.24) is 9.97 Å². The maximum Gasteiger partial charge on any atom is 0.256 e. The lowest BCUT2D eigenvalue weighted by Crippen LogP contribution is -2.13. The number of carbonyl (C=O) groups is 1. The smallest absolute Gasteiger partial charge is 0.256 e. The Morgan fingerprint density at radius 1 is 1.00 bits per heavy atom. The van der Waals surface area contributed by atoms with Gasteiger partial charge in [0.2, 0.25) is 0 Å². The van der Waals surface area contributed by atoms with Gasteiger partial charge in [-0.05, 0) is 54.8 Å². The molecule has 0 saturated carbocycles. The minimum absolute atomic E-state index is 0.214. The Labute approximate surface area is 172 Å². The predicted octanol–water partition coefficient (Wildman–Crippen LogP) is 5.92. The second kappa shape index (κ2) is 8.00. The van der Waals surface area contributed by atoms with E-state index in [1.54, 1.807) is 36.2 Å². The zero-order valence-electron chi connectivity index (χ0n) is 15.0. The van der Waals surface area contributed by atoms with Crippen LogP contribution in [0.4, 0.5) is 5.69 Å². The fourth-order valence-corrected chi connectivity index (χ4v) is 3.69. The van der Waals surface area contributed by atoms with Crippen LogP contribution in [0.3, 0.4) is 0 Å². The summed E-state index contributed by atoms with van der Waals surface area (Å²) in [7, 11) is 0. The lowest BCUT2D eigenvalue weighted by molar-refractivity contribution is 0.102. The van der Waals surface area contributed by atoms with Crippen molar-refractivity contribution < 1.29 is 4.79 Å². The third-order valence-corrected chi connectivity index (χ3v) is 5.33. The number of hydrogen-bond donors (Lipinski definition) is 1. The van der Waals surface area contributed by atoms with E-state index in [0.717, 1.165) is 10.6 Å². The van der Waals surface area contributed by atoms with Gasteiger partial charge in [0.1, 0.15) is 0 Å². The highest BCUT2D eigenvalue weighted by atomic mass is 35.5. The van der Waals surface area contributed by atoms with Gasteiger partial charge in [-0.15, -0.1) is 11.8 Å². The number of hydrogen-bond acceptors (Lipinski definition) is 4. The molecule has 0 aliphatic rings. The predicted molar refractivity (Wildman–Crippen MR) is 116 cm³/mol. The number of pyridine rings is 2. The van der Waals surface area contributed by atoms with Crippen LogP contribution in [0.5, 0.6) is 0 Å².